The third kappa shape index (κ3) is 3.64. The number of anilines is 1. The molecule has 1 fully saturated rings. The lowest BCUT2D eigenvalue weighted by Gasteiger charge is -2.29. The van der Waals surface area contributed by atoms with E-state index in [4.69, 9.17) is 0 Å². The largest absolute Gasteiger partial charge is 0.463 e. The molecular weight excluding hydrogens is 244 g/mol. The highest BCUT2D eigenvalue weighted by atomic mass is 16.5. The number of nitrogens with one attached hydrogen (secondary N) is 1. The summed E-state index contributed by atoms with van der Waals surface area (Å²) in [5.74, 6) is 0.301. The first-order valence-electron chi connectivity index (χ1n) is 6.47. The van der Waals surface area contributed by atoms with E-state index in [1.54, 1.807) is 0 Å². The maximum absolute atomic E-state index is 11.5. The number of nitrogens with zero attached hydrogens (tertiary/aromatic N) is 3. The molecule has 0 bridgehead atoms. The molecule has 0 aliphatic carbocycles. The molecule has 1 aliphatic rings. The fraction of sp³-hybridized carbons (Fsp3) is 0.615. The van der Waals surface area contributed by atoms with Gasteiger partial charge in [-0.25, -0.2) is 14.8 Å². The van der Waals surface area contributed by atoms with Crippen LogP contribution in [0.1, 0.15) is 29.2 Å². The predicted molar refractivity (Wildman–Crippen MR) is 72.3 cm³/mol. The van der Waals surface area contributed by atoms with E-state index in [1.165, 1.54) is 7.11 Å². The zero-order chi connectivity index (χ0) is 13.8. The Kier molecular flexibility index (Phi) is 4.31. The topological polar surface area (TPSA) is 67.3 Å². The van der Waals surface area contributed by atoms with Crippen LogP contribution >= 0.6 is 0 Å². The van der Waals surface area contributed by atoms with Crippen molar-refractivity contribution in [2.24, 2.45) is 0 Å². The Bertz CT molecular complexity index is 456. The van der Waals surface area contributed by atoms with Gasteiger partial charge in [0.25, 0.3) is 0 Å². The van der Waals surface area contributed by atoms with Gasteiger partial charge in [0.15, 0.2) is 0 Å². The maximum Gasteiger partial charge on any atom is 0.376 e. The minimum atomic E-state index is -0.505. The summed E-state index contributed by atoms with van der Waals surface area (Å²) < 4.78 is 4.65. The SMILES string of the molecule is COC(=O)c1nc(C)cc(NC2CCN(C)CC2)n1. The Balaban J connectivity index is 2.07. The monoisotopic (exact) mass is 264 g/mol. The van der Waals surface area contributed by atoms with Crippen LogP contribution in [0.2, 0.25) is 0 Å². The second-order valence-electron chi connectivity index (χ2n) is 4.93. The van der Waals surface area contributed by atoms with Crippen molar-refractivity contribution in [3.05, 3.63) is 17.6 Å². The van der Waals surface area contributed by atoms with Gasteiger partial charge in [0, 0.05) is 17.8 Å². The van der Waals surface area contributed by atoms with Crippen molar-refractivity contribution in [1.82, 2.24) is 14.9 Å². The van der Waals surface area contributed by atoms with Gasteiger partial charge in [-0.15, -0.1) is 0 Å². The van der Waals surface area contributed by atoms with Gasteiger partial charge in [-0.05, 0) is 39.9 Å². The molecule has 2 rings (SSSR count). The van der Waals surface area contributed by atoms with E-state index in [0.29, 0.717) is 11.9 Å². The molecule has 1 aromatic rings. The summed E-state index contributed by atoms with van der Waals surface area (Å²) in [6.07, 6.45) is 2.15. The van der Waals surface area contributed by atoms with Crippen LogP contribution in [0.25, 0.3) is 0 Å². The molecule has 0 aromatic carbocycles. The number of ether oxygens (including phenoxy) is 1. The normalized spacial score (nSPS) is 17.2. The van der Waals surface area contributed by atoms with Gasteiger partial charge in [0.2, 0.25) is 5.82 Å². The van der Waals surface area contributed by atoms with Gasteiger partial charge >= 0.3 is 5.97 Å². The van der Waals surface area contributed by atoms with Gasteiger partial charge in [-0.2, -0.15) is 0 Å². The third-order valence-electron chi connectivity index (χ3n) is 3.29. The van der Waals surface area contributed by atoms with Crippen molar-refractivity contribution >= 4 is 11.8 Å². The van der Waals surface area contributed by atoms with Crippen LogP contribution in [0.15, 0.2) is 6.07 Å². The first-order chi connectivity index (χ1) is 9.08. The fourth-order valence-electron chi connectivity index (χ4n) is 2.19. The first-order valence-corrected chi connectivity index (χ1v) is 6.47. The van der Waals surface area contributed by atoms with Crippen LogP contribution in [-0.4, -0.2) is 54.1 Å². The number of carbonyl (C=O) groups is 1. The minimum Gasteiger partial charge on any atom is -0.463 e. The number of piperidine rings is 1. The molecule has 0 unspecified atom stereocenters. The molecule has 1 saturated heterocycles. The van der Waals surface area contributed by atoms with Crippen molar-refractivity contribution in [2.75, 3.05) is 32.6 Å². The highest BCUT2D eigenvalue weighted by molar-refractivity contribution is 5.85. The Morgan fingerprint density at radius 1 is 1.42 bits per heavy atom. The molecule has 0 amide bonds. The number of aryl methyl sites for hydroxylation is 1. The highest BCUT2D eigenvalue weighted by Crippen LogP contribution is 2.15. The maximum atomic E-state index is 11.5. The summed E-state index contributed by atoms with van der Waals surface area (Å²) >= 11 is 0. The van der Waals surface area contributed by atoms with E-state index in [2.05, 4.69) is 32.0 Å². The van der Waals surface area contributed by atoms with E-state index in [1.807, 2.05) is 13.0 Å². The van der Waals surface area contributed by atoms with E-state index in [-0.39, 0.29) is 5.82 Å². The average Bonchev–Trinajstić information content (AvgIpc) is 2.40. The van der Waals surface area contributed by atoms with Crippen LogP contribution in [0.3, 0.4) is 0 Å². The quantitative estimate of drug-likeness (QED) is 0.824. The first kappa shape index (κ1) is 13.7. The highest BCUT2D eigenvalue weighted by Gasteiger charge is 2.18. The zero-order valence-corrected chi connectivity index (χ0v) is 11.6. The van der Waals surface area contributed by atoms with Crippen LogP contribution in [0.4, 0.5) is 5.82 Å². The van der Waals surface area contributed by atoms with E-state index >= 15 is 0 Å². The van der Waals surface area contributed by atoms with Gasteiger partial charge < -0.3 is 15.0 Å². The number of carbonyl (C=O) groups excluding carboxylic acids is 1. The number of esters is 1. The standard InChI is InChI=1S/C13H20N4O2/c1-9-8-11(16-12(14-9)13(18)19-3)15-10-4-6-17(2)7-5-10/h8,10H,4-7H2,1-3H3,(H,14,15,16). The molecule has 2 heterocycles. The number of methoxy groups -OCH3 is 1. The number of hydrogen-bond donors (Lipinski definition) is 1. The van der Waals surface area contributed by atoms with Crippen LogP contribution < -0.4 is 5.32 Å². The summed E-state index contributed by atoms with van der Waals surface area (Å²) in [6.45, 7) is 3.99. The molecule has 1 aromatic heterocycles. The van der Waals surface area contributed by atoms with Crippen molar-refractivity contribution in [2.45, 2.75) is 25.8 Å². The van der Waals surface area contributed by atoms with Gasteiger partial charge in [-0.1, -0.05) is 0 Å². The molecule has 6 nitrogen and oxygen atoms in total. The summed E-state index contributed by atoms with van der Waals surface area (Å²) in [5.41, 5.74) is 0.755. The molecule has 6 heteroatoms. The van der Waals surface area contributed by atoms with Crippen molar-refractivity contribution in [1.29, 1.82) is 0 Å². The number of aromatic nitrogens is 2. The molecule has 104 valence electrons. The summed E-state index contributed by atoms with van der Waals surface area (Å²) in [7, 11) is 3.46. The molecule has 1 aliphatic heterocycles. The molecule has 0 radical (unpaired) electrons. The van der Waals surface area contributed by atoms with Crippen LogP contribution in [-0.2, 0) is 4.74 Å². The lowest BCUT2D eigenvalue weighted by Crippen LogP contribution is -2.37. The van der Waals surface area contributed by atoms with Crippen molar-refractivity contribution < 1.29 is 9.53 Å². The Labute approximate surface area is 113 Å². The van der Waals surface area contributed by atoms with Crippen molar-refractivity contribution in [3.63, 3.8) is 0 Å². The molecule has 0 spiro atoms. The van der Waals surface area contributed by atoms with Gasteiger partial charge in [0.1, 0.15) is 5.82 Å². The number of hydrogen-bond acceptors (Lipinski definition) is 6. The Morgan fingerprint density at radius 3 is 2.74 bits per heavy atom. The Morgan fingerprint density at radius 2 is 2.11 bits per heavy atom. The lowest BCUT2D eigenvalue weighted by atomic mass is 10.1. The summed E-state index contributed by atoms with van der Waals surface area (Å²) in [6, 6.07) is 2.25. The lowest BCUT2D eigenvalue weighted by molar-refractivity contribution is 0.0586. The van der Waals surface area contributed by atoms with Crippen molar-refractivity contribution in [3.8, 4) is 0 Å². The third-order valence-corrected chi connectivity index (χ3v) is 3.29. The second-order valence-corrected chi connectivity index (χ2v) is 4.93. The fourth-order valence-corrected chi connectivity index (χ4v) is 2.19. The molecule has 1 N–H and O–H groups in total. The Hall–Kier alpha value is -1.69. The van der Waals surface area contributed by atoms with E-state index < -0.39 is 5.97 Å². The predicted octanol–water partition coefficient (Wildman–Crippen LogP) is 1.08. The number of rotatable bonds is 3. The number of likely N-dealkylation sites (tertiary alicyclic amines) is 1. The van der Waals surface area contributed by atoms with E-state index in [0.717, 1.165) is 31.6 Å². The zero-order valence-electron chi connectivity index (χ0n) is 11.6. The van der Waals surface area contributed by atoms with Gasteiger partial charge in [-0.3, -0.25) is 0 Å². The minimum absolute atomic E-state index is 0.109. The molecule has 0 saturated carbocycles. The molecule has 19 heavy (non-hydrogen) atoms. The molecule has 0 atom stereocenters. The summed E-state index contributed by atoms with van der Waals surface area (Å²) in [4.78, 5) is 22.1. The van der Waals surface area contributed by atoms with Gasteiger partial charge in [0.05, 0.1) is 7.11 Å². The molecular formula is C13H20N4O2. The average molecular weight is 264 g/mol. The van der Waals surface area contributed by atoms with Crippen LogP contribution in [0.5, 0.6) is 0 Å². The second kappa shape index (κ2) is 5.97. The smallest absolute Gasteiger partial charge is 0.376 e. The van der Waals surface area contributed by atoms with Crippen LogP contribution in [0, 0.1) is 6.92 Å². The van der Waals surface area contributed by atoms with E-state index in [9.17, 15) is 4.79 Å². The summed E-state index contributed by atoms with van der Waals surface area (Å²) in [5, 5.41) is 3.38.